The molecule has 12 heavy (non-hydrogen) atoms. The SMILES string of the molecule is CC.CNC1CCCCC1OC.[HH]. The van der Waals surface area contributed by atoms with Crippen LogP contribution in [0.4, 0.5) is 0 Å². The summed E-state index contributed by atoms with van der Waals surface area (Å²) in [4.78, 5) is 0. The zero-order valence-corrected chi connectivity index (χ0v) is 8.89. The highest BCUT2D eigenvalue weighted by Crippen LogP contribution is 2.19. The monoisotopic (exact) mass is 175 g/mol. The fourth-order valence-electron chi connectivity index (χ4n) is 1.71. The van der Waals surface area contributed by atoms with Crippen molar-refractivity contribution < 1.29 is 6.16 Å². The van der Waals surface area contributed by atoms with E-state index >= 15 is 0 Å². The topological polar surface area (TPSA) is 21.3 Å². The molecule has 2 nitrogen and oxygen atoms in total. The van der Waals surface area contributed by atoms with Gasteiger partial charge in [0, 0.05) is 14.6 Å². The van der Waals surface area contributed by atoms with Crippen LogP contribution in [0.3, 0.4) is 0 Å². The summed E-state index contributed by atoms with van der Waals surface area (Å²) in [6, 6.07) is 0.596. The van der Waals surface area contributed by atoms with Crippen molar-refractivity contribution in [3.63, 3.8) is 0 Å². The molecule has 1 aliphatic carbocycles. The molecular formula is C10H25NO. The van der Waals surface area contributed by atoms with Gasteiger partial charge in [-0.05, 0) is 19.9 Å². The molecule has 2 unspecified atom stereocenters. The highest BCUT2D eigenvalue weighted by Gasteiger charge is 2.22. The molecule has 0 spiro atoms. The third-order valence-electron chi connectivity index (χ3n) is 2.38. The van der Waals surface area contributed by atoms with Crippen LogP contribution in [0.15, 0.2) is 0 Å². The highest BCUT2D eigenvalue weighted by molar-refractivity contribution is 4.79. The van der Waals surface area contributed by atoms with E-state index in [9.17, 15) is 0 Å². The summed E-state index contributed by atoms with van der Waals surface area (Å²) in [7, 11) is 3.82. The highest BCUT2D eigenvalue weighted by atomic mass is 16.5. The molecule has 0 aromatic carbocycles. The summed E-state index contributed by atoms with van der Waals surface area (Å²) in [5.74, 6) is 0. The minimum Gasteiger partial charge on any atom is -0.380 e. The summed E-state index contributed by atoms with van der Waals surface area (Å²) in [6.07, 6.45) is 5.64. The Kier molecular flexibility index (Phi) is 7.51. The Morgan fingerprint density at radius 2 is 1.83 bits per heavy atom. The number of rotatable bonds is 2. The molecule has 1 saturated carbocycles. The number of hydrogen-bond acceptors (Lipinski definition) is 2. The molecule has 2 atom stereocenters. The zero-order chi connectivity index (χ0) is 9.40. The van der Waals surface area contributed by atoms with E-state index in [0.717, 1.165) is 0 Å². The van der Waals surface area contributed by atoms with E-state index in [-0.39, 0.29) is 1.43 Å². The minimum atomic E-state index is 0. The smallest absolute Gasteiger partial charge is 0.0724 e. The molecule has 2 heteroatoms. The fraction of sp³-hybridized carbons (Fsp3) is 1.00. The van der Waals surface area contributed by atoms with Crippen molar-refractivity contribution in [3.05, 3.63) is 0 Å². The maximum absolute atomic E-state index is 5.33. The van der Waals surface area contributed by atoms with Crippen LogP contribution < -0.4 is 5.32 Å². The number of nitrogens with one attached hydrogen (secondary N) is 1. The Morgan fingerprint density at radius 3 is 2.25 bits per heavy atom. The van der Waals surface area contributed by atoms with Crippen molar-refractivity contribution >= 4 is 0 Å². The largest absolute Gasteiger partial charge is 0.380 e. The van der Waals surface area contributed by atoms with Gasteiger partial charge in [-0.1, -0.05) is 26.7 Å². The van der Waals surface area contributed by atoms with Crippen LogP contribution >= 0.6 is 0 Å². The van der Waals surface area contributed by atoms with Crippen molar-refractivity contribution in [2.45, 2.75) is 51.7 Å². The summed E-state index contributed by atoms with van der Waals surface area (Å²) < 4.78 is 5.33. The number of methoxy groups -OCH3 is 1. The second kappa shape index (κ2) is 7.56. The molecule has 1 rings (SSSR count). The molecule has 0 aromatic heterocycles. The van der Waals surface area contributed by atoms with E-state index in [4.69, 9.17) is 4.74 Å². The van der Waals surface area contributed by atoms with Gasteiger partial charge in [0.05, 0.1) is 6.10 Å². The second-order valence-corrected chi connectivity index (χ2v) is 2.95. The van der Waals surface area contributed by atoms with Gasteiger partial charge in [0.1, 0.15) is 0 Å². The molecule has 0 bridgehead atoms. The molecule has 0 aromatic rings. The van der Waals surface area contributed by atoms with Gasteiger partial charge in [0.25, 0.3) is 0 Å². The molecule has 76 valence electrons. The predicted octanol–water partition coefficient (Wildman–Crippen LogP) is 2.44. The molecule has 0 amide bonds. The van der Waals surface area contributed by atoms with Crippen LogP contribution in [0, 0.1) is 0 Å². The normalized spacial score (nSPS) is 29.0. The maximum atomic E-state index is 5.33. The van der Waals surface area contributed by atoms with Gasteiger partial charge in [-0.25, -0.2) is 0 Å². The summed E-state index contributed by atoms with van der Waals surface area (Å²) in [5, 5.41) is 3.28. The van der Waals surface area contributed by atoms with Gasteiger partial charge in [-0.2, -0.15) is 0 Å². The van der Waals surface area contributed by atoms with Crippen molar-refractivity contribution in [1.29, 1.82) is 0 Å². The van der Waals surface area contributed by atoms with Crippen molar-refractivity contribution in [2.24, 2.45) is 0 Å². The molecule has 0 radical (unpaired) electrons. The first-order valence-electron chi connectivity index (χ1n) is 5.08. The van der Waals surface area contributed by atoms with Crippen LogP contribution in [0.2, 0.25) is 0 Å². The quantitative estimate of drug-likeness (QED) is 0.696. The third-order valence-corrected chi connectivity index (χ3v) is 2.38. The lowest BCUT2D eigenvalue weighted by molar-refractivity contribution is 0.0445. The summed E-state index contributed by atoms with van der Waals surface area (Å²) in [5.41, 5.74) is 0. The first-order chi connectivity index (χ1) is 5.88. The Morgan fingerprint density at radius 1 is 1.25 bits per heavy atom. The van der Waals surface area contributed by atoms with E-state index in [0.29, 0.717) is 12.1 Å². The van der Waals surface area contributed by atoms with E-state index in [2.05, 4.69) is 5.32 Å². The van der Waals surface area contributed by atoms with E-state index in [1.807, 2.05) is 20.9 Å². The number of hydrogen-bond donors (Lipinski definition) is 1. The van der Waals surface area contributed by atoms with Gasteiger partial charge in [0.2, 0.25) is 0 Å². The van der Waals surface area contributed by atoms with E-state index in [1.165, 1.54) is 25.7 Å². The van der Waals surface area contributed by atoms with Gasteiger partial charge < -0.3 is 10.1 Å². The Labute approximate surface area is 78.2 Å². The summed E-state index contributed by atoms with van der Waals surface area (Å²) in [6.45, 7) is 4.00. The van der Waals surface area contributed by atoms with E-state index in [1.54, 1.807) is 7.11 Å². The van der Waals surface area contributed by atoms with Crippen LogP contribution in [0.25, 0.3) is 0 Å². The van der Waals surface area contributed by atoms with Crippen molar-refractivity contribution in [2.75, 3.05) is 14.2 Å². The average molecular weight is 175 g/mol. The van der Waals surface area contributed by atoms with Crippen molar-refractivity contribution in [3.8, 4) is 0 Å². The maximum Gasteiger partial charge on any atom is 0.0724 e. The van der Waals surface area contributed by atoms with Gasteiger partial charge in [-0.15, -0.1) is 0 Å². The van der Waals surface area contributed by atoms with Crippen LogP contribution in [0.1, 0.15) is 41.0 Å². The summed E-state index contributed by atoms with van der Waals surface area (Å²) >= 11 is 0. The Hall–Kier alpha value is -0.0800. The fourth-order valence-corrected chi connectivity index (χ4v) is 1.71. The lowest BCUT2D eigenvalue weighted by Gasteiger charge is -2.29. The third kappa shape index (κ3) is 3.55. The van der Waals surface area contributed by atoms with Gasteiger partial charge >= 0.3 is 0 Å². The Balaban J connectivity index is 0. The first kappa shape index (κ1) is 11.9. The molecule has 1 N–H and O–H groups in total. The van der Waals surface area contributed by atoms with Crippen LogP contribution in [-0.4, -0.2) is 26.3 Å². The number of ether oxygens (including phenoxy) is 1. The van der Waals surface area contributed by atoms with Gasteiger partial charge in [-0.3, -0.25) is 0 Å². The minimum absolute atomic E-state index is 0. The first-order valence-corrected chi connectivity index (χ1v) is 5.08. The molecule has 0 saturated heterocycles. The molecule has 0 aliphatic heterocycles. The van der Waals surface area contributed by atoms with Crippen molar-refractivity contribution in [1.82, 2.24) is 5.32 Å². The zero-order valence-electron chi connectivity index (χ0n) is 8.89. The molecular weight excluding hydrogens is 150 g/mol. The van der Waals surface area contributed by atoms with Gasteiger partial charge in [0.15, 0.2) is 0 Å². The molecule has 1 fully saturated rings. The van der Waals surface area contributed by atoms with Crippen LogP contribution in [0.5, 0.6) is 0 Å². The predicted molar refractivity (Wildman–Crippen MR) is 55.6 cm³/mol. The Bertz CT molecular complexity index is 88.9. The number of likely N-dealkylation sites (N-methyl/N-ethyl adjacent to an activating group) is 1. The lowest BCUT2D eigenvalue weighted by Crippen LogP contribution is -2.41. The average Bonchev–Trinajstić information content (AvgIpc) is 2.20. The van der Waals surface area contributed by atoms with E-state index < -0.39 is 0 Å². The molecule has 0 heterocycles. The lowest BCUT2D eigenvalue weighted by atomic mass is 9.93. The second-order valence-electron chi connectivity index (χ2n) is 2.95. The molecule has 1 aliphatic rings. The van der Waals surface area contributed by atoms with Crippen LogP contribution in [-0.2, 0) is 4.74 Å². The standard InChI is InChI=1S/C8H17NO.C2H6.H2/c1-9-7-5-3-4-6-8(7)10-2;1-2;/h7-9H,3-6H2,1-2H3;1-2H3;1H.